The number of benzene rings is 1. The molecule has 5 nitrogen and oxygen atoms in total. The Bertz CT molecular complexity index is 749. The third-order valence-corrected chi connectivity index (χ3v) is 4.03. The smallest absolute Gasteiger partial charge is 0.274 e. The van der Waals surface area contributed by atoms with Crippen LogP contribution in [0.3, 0.4) is 0 Å². The van der Waals surface area contributed by atoms with Gasteiger partial charge in [-0.1, -0.05) is 17.7 Å². The van der Waals surface area contributed by atoms with Gasteiger partial charge in [0.25, 0.3) is 15.0 Å². The lowest BCUT2D eigenvalue weighted by Gasteiger charge is -2.07. The van der Waals surface area contributed by atoms with E-state index >= 15 is 0 Å². The molecule has 0 saturated heterocycles. The molecule has 0 saturated carbocycles. The Balaban J connectivity index is 2.25. The number of carbonyl (C=O) groups excluding carboxylic acids is 1. The van der Waals surface area contributed by atoms with E-state index in [0.29, 0.717) is 0 Å². The lowest BCUT2D eigenvalue weighted by atomic mass is 10.3. The van der Waals surface area contributed by atoms with Crippen LogP contribution in [-0.4, -0.2) is 19.3 Å². The predicted molar refractivity (Wildman–Crippen MR) is 76.7 cm³/mol. The van der Waals surface area contributed by atoms with Crippen LogP contribution in [0.25, 0.3) is 0 Å². The van der Waals surface area contributed by atoms with E-state index in [1.165, 1.54) is 18.3 Å². The predicted octanol–water partition coefficient (Wildman–Crippen LogP) is 2.91. The third-order valence-electron chi connectivity index (χ3n) is 2.37. The van der Waals surface area contributed by atoms with Gasteiger partial charge < -0.3 is 5.32 Å². The molecule has 104 valence electrons. The van der Waals surface area contributed by atoms with E-state index in [0.717, 1.165) is 6.07 Å². The molecule has 1 heterocycles. The van der Waals surface area contributed by atoms with E-state index in [-0.39, 0.29) is 21.3 Å². The molecule has 0 aliphatic carbocycles. The van der Waals surface area contributed by atoms with E-state index in [9.17, 15) is 13.2 Å². The summed E-state index contributed by atoms with van der Waals surface area (Å²) in [6.07, 6.45) is 1.49. The van der Waals surface area contributed by atoms with Crippen LogP contribution in [0.2, 0.25) is 5.02 Å². The first-order chi connectivity index (χ1) is 9.38. The molecule has 1 aromatic heterocycles. The molecule has 0 spiro atoms. The van der Waals surface area contributed by atoms with Crippen molar-refractivity contribution in [3.05, 3.63) is 53.3 Å². The van der Waals surface area contributed by atoms with Crippen LogP contribution in [-0.2, 0) is 9.05 Å². The Morgan fingerprint density at radius 1 is 1.20 bits per heavy atom. The van der Waals surface area contributed by atoms with Crippen molar-refractivity contribution in [3.8, 4) is 0 Å². The van der Waals surface area contributed by atoms with Crippen molar-refractivity contribution in [1.29, 1.82) is 0 Å². The van der Waals surface area contributed by atoms with Crippen LogP contribution in [0.5, 0.6) is 0 Å². The average molecular weight is 331 g/mol. The summed E-state index contributed by atoms with van der Waals surface area (Å²) in [4.78, 5) is 15.6. The zero-order valence-electron chi connectivity index (χ0n) is 9.88. The highest BCUT2D eigenvalue weighted by Gasteiger charge is 2.14. The maximum Gasteiger partial charge on any atom is 0.274 e. The molecule has 0 unspecified atom stereocenters. The van der Waals surface area contributed by atoms with E-state index < -0.39 is 15.0 Å². The topological polar surface area (TPSA) is 76.1 Å². The minimum Gasteiger partial charge on any atom is -0.319 e. The summed E-state index contributed by atoms with van der Waals surface area (Å²) < 4.78 is 22.3. The molecule has 0 fully saturated rings. The zero-order chi connectivity index (χ0) is 14.8. The minimum absolute atomic E-state index is 0.0657. The lowest BCUT2D eigenvalue weighted by Crippen LogP contribution is -2.13. The molecule has 8 heteroatoms. The average Bonchev–Trinajstić information content (AvgIpc) is 2.41. The van der Waals surface area contributed by atoms with Crippen LogP contribution in [0, 0.1) is 0 Å². The second-order valence-corrected chi connectivity index (χ2v) is 6.72. The molecule has 0 aliphatic rings. The Labute approximate surface area is 125 Å². The van der Waals surface area contributed by atoms with E-state index in [2.05, 4.69) is 10.3 Å². The number of hydrogen-bond acceptors (Lipinski definition) is 4. The molecule has 0 bridgehead atoms. The zero-order valence-corrected chi connectivity index (χ0v) is 12.2. The van der Waals surface area contributed by atoms with Gasteiger partial charge in [0, 0.05) is 16.9 Å². The molecule has 0 aliphatic heterocycles. The van der Waals surface area contributed by atoms with Gasteiger partial charge in [-0.05, 0) is 30.3 Å². The first-order valence-corrected chi connectivity index (χ1v) is 8.03. The summed E-state index contributed by atoms with van der Waals surface area (Å²) >= 11 is 5.91. The van der Waals surface area contributed by atoms with Gasteiger partial charge in [0.05, 0.1) is 15.6 Å². The third kappa shape index (κ3) is 3.47. The first-order valence-electron chi connectivity index (χ1n) is 5.34. The highest BCUT2D eigenvalue weighted by Crippen LogP contribution is 2.27. The van der Waals surface area contributed by atoms with Gasteiger partial charge in [-0.2, -0.15) is 0 Å². The fourth-order valence-electron chi connectivity index (χ4n) is 1.43. The monoisotopic (exact) mass is 330 g/mol. The standard InChI is InChI=1S/C12H8Cl2N2O3S/c13-9-7-8(20(14,18)19)4-5-10(9)16-12(17)11-3-1-2-6-15-11/h1-7H,(H,16,17). The van der Waals surface area contributed by atoms with Gasteiger partial charge >= 0.3 is 0 Å². The summed E-state index contributed by atoms with van der Waals surface area (Å²) in [5.41, 5.74) is 0.490. The molecule has 0 radical (unpaired) electrons. The summed E-state index contributed by atoms with van der Waals surface area (Å²) in [6, 6.07) is 8.68. The molecule has 20 heavy (non-hydrogen) atoms. The molecule has 1 amide bonds. The summed E-state index contributed by atoms with van der Waals surface area (Å²) in [7, 11) is 1.34. The Morgan fingerprint density at radius 3 is 2.50 bits per heavy atom. The second kappa shape index (κ2) is 5.78. The van der Waals surface area contributed by atoms with Gasteiger partial charge in [0.15, 0.2) is 0 Å². The lowest BCUT2D eigenvalue weighted by molar-refractivity contribution is 0.102. The molecule has 1 aromatic carbocycles. The van der Waals surface area contributed by atoms with Gasteiger partial charge in [0.1, 0.15) is 5.69 Å². The molecular weight excluding hydrogens is 323 g/mol. The quantitative estimate of drug-likeness (QED) is 0.878. The number of hydrogen-bond donors (Lipinski definition) is 1. The summed E-state index contributed by atoms with van der Waals surface area (Å²) in [6.45, 7) is 0. The molecular formula is C12H8Cl2N2O3S. The SMILES string of the molecule is O=C(Nc1ccc(S(=O)(=O)Cl)cc1Cl)c1ccccn1. The number of nitrogens with one attached hydrogen (secondary N) is 1. The number of carbonyl (C=O) groups is 1. The van der Waals surface area contributed by atoms with Crippen molar-refractivity contribution >= 4 is 42.9 Å². The molecule has 2 aromatic rings. The van der Waals surface area contributed by atoms with Gasteiger partial charge in [0.2, 0.25) is 0 Å². The van der Waals surface area contributed by atoms with Gasteiger partial charge in [-0.25, -0.2) is 8.42 Å². The first kappa shape index (κ1) is 14.8. The van der Waals surface area contributed by atoms with Gasteiger partial charge in [-0.3, -0.25) is 9.78 Å². The van der Waals surface area contributed by atoms with E-state index in [4.69, 9.17) is 22.3 Å². The van der Waals surface area contributed by atoms with Crippen molar-refractivity contribution in [3.63, 3.8) is 0 Å². The fourth-order valence-corrected chi connectivity index (χ4v) is 2.50. The highest BCUT2D eigenvalue weighted by atomic mass is 35.7. The van der Waals surface area contributed by atoms with E-state index in [1.807, 2.05) is 0 Å². The van der Waals surface area contributed by atoms with Crippen molar-refractivity contribution in [2.24, 2.45) is 0 Å². The number of amides is 1. The van der Waals surface area contributed by atoms with Crippen LogP contribution in [0.1, 0.15) is 10.5 Å². The van der Waals surface area contributed by atoms with Crippen LogP contribution >= 0.6 is 22.3 Å². The number of nitrogens with zero attached hydrogens (tertiary/aromatic N) is 1. The second-order valence-electron chi connectivity index (χ2n) is 3.75. The van der Waals surface area contributed by atoms with Crippen LogP contribution < -0.4 is 5.32 Å². The van der Waals surface area contributed by atoms with Crippen molar-refractivity contribution < 1.29 is 13.2 Å². The van der Waals surface area contributed by atoms with E-state index in [1.54, 1.807) is 18.2 Å². The maximum absolute atomic E-state index is 11.9. The largest absolute Gasteiger partial charge is 0.319 e. The molecule has 1 N–H and O–H groups in total. The normalized spacial score (nSPS) is 11.1. The van der Waals surface area contributed by atoms with Gasteiger partial charge in [-0.15, -0.1) is 0 Å². The number of rotatable bonds is 3. The number of halogens is 2. The Kier molecular flexibility index (Phi) is 4.27. The van der Waals surface area contributed by atoms with Crippen molar-refractivity contribution in [2.75, 3.05) is 5.32 Å². The highest BCUT2D eigenvalue weighted by molar-refractivity contribution is 8.13. The summed E-state index contributed by atoms with van der Waals surface area (Å²) in [5, 5.41) is 2.60. The Morgan fingerprint density at radius 2 is 1.95 bits per heavy atom. The van der Waals surface area contributed by atoms with Crippen molar-refractivity contribution in [1.82, 2.24) is 4.98 Å². The number of anilines is 1. The summed E-state index contributed by atoms with van der Waals surface area (Å²) in [5.74, 6) is -0.450. The van der Waals surface area contributed by atoms with Crippen molar-refractivity contribution in [2.45, 2.75) is 4.90 Å². The molecule has 0 atom stereocenters. The minimum atomic E-state index is -3.86. The fraction of sp³-hybridized carbons (Fsp3) is 0. The molecule has 2 rings (SSSR count). The van der Waals surface area contributed by atoms with Crippen LogP contribution in [0.15, 0.2) is 47.5 Å². The van der Waals surface area contributed by atoms with Crippen LogP contribution in [0.4, 0.5) is 5.69 Å². The maximum atomic E-state index is 11.9. The number of aromatic nitrogens is 1. The Hall–Kier alpha value is -1.63. The number of pyridine rings is 1.